The molecule has 0 radical (unpaired) electrons. The molecular formula is C13H18N2O4S. The van der Waals surface area contributed by atoms with Gasteiger partial charge in [0.15, 0.2) is 0 Å². The Morgan fingerprint density at radius 2 is 2.15 bits per heavy atom. The van der Waals surface area contributed by atoms with Crippen LogP contribution < -0.4 is 10.0 Å². The van der Waals surface area contributed by atoms with Gasteiger partial charge in [0.05, 0.1) is 12.4 Å². The minimum atomic E-state index is -3.58. The molecule has 6 nitrogen and oxygen atoms in total. The molecule has 1 heterocycles. The third-order valence-electron chi connectivity index (χ3n) is 3.42. The first-order valence-corrected chi connectivity index (χ1v) is 8.03. The maximum absolute atomic E-state index is 12.1. The highest BCUT2D eigenvalue weighted by Crippen LogP contribution is 2.29. The number of nitrogens with zero attached hydrogens (tertiary/aromatic N) is 1. The zero-order chi connectivity index (χ0) is 14.9. The first-order valence-electron chi connectivity index (χ1n) is 6.31. The van der Waals surface area contributed by atoms with Crippen molar-refractivity contribution in [3.63, 3.8) is 0 Å². The molecule has 20 heavy (non-hydrogen) atoms. The van der Waals surface area contributed by atoms with Crippen molar-refractivity contribution in [1.29, 1.82) is 0 Å². The van der Waals surface area contributed by atoms with Gasteiger partial charge in [0.25, 0.3) is 0 Å². The molecule has 1 atom stereocenters. The minimum absolute atomic E-state index is 0.101. The molecule has 1 unspecified atom stereocenters. The van der Waals surface area contributed by atoms with Crippen molar-refractivity contribution < 1.29 is 18.3 Å². The van der Waals surface area contributed by atoms with Gasteiger partial charge in [0, 0.05) is 24.6 Å². The lowest BCUT2D eigenvalue weighted by atomic mass is 10.1. The zero-order valence-electron chi connectivity index (χ0n) is 11.2. The summed E-state index contributed by atoms with van der Waals surface area (Å²) in [7, 11) is -3.58. The number of aliphatic hydroxyl groups excluding tert-OH is 1. The molecule has 0 bridgehead atoms. The van der Waals surface area contributed by atoms with Crippen LogP contribution in [0.25, 0.3) is 0 Å². The predicted octanol–water partition coefficient (Wildman–Crippen LogP) is 0.129. The number of benzene rings is 1. The van der Waals surface area contributed by atoms with Crippen molar-refractivity contribution in [2.45, 2.75) is 20.0 Å². The Morgan fingerprint density at radius 1 is 1.45 bits per heavy atom. The van der Waals surface area contributed by atoms with Gasteiger partial charge in [-0.2, -0.15) is 0 Å². The number of anilines is 1. The second-order valence-corrected chi connectivity index (χ2v) is 6.84. The highest BCUT2D eigenvalue weighted by molar-refractivity contribution is 7.89. The smallest absolute Gasteiger partial charge is 0.227 e. The number of hydrogen-bond acceptors (Lipinski definition) is 4. The maximum Gasteiger partial charge on any atom is 0.227 e. The zero-order valence-corrected chi connectivity index (χ0v) is 12.1. The van der Waals surface area contributed by atoms with Crippen LogP contribution in [0.15, 0.2) is 18.2 Å². The molecule has 1 aliphatic heterocycles. The molecule has 1 amide bonds. The number of hydrogen-bond donors (Lipinski definition) is 2. The van der Waals surface area contributed by atoms with Crippen molar-refractivity contribution >= 4 is 21.6 Å². The normalized spacial score (nSPS) is 19.6. The van der Waals surface area contributed by atoms with Crippen LogP contribution in [0.2, 0.25) is 0 Å². The van der Waals surface area contributed by atoms with E-state index in [1.54, 1.807) is 17.0 Å². The lowest BCUT2D eigenvalue weighted by molar-refractivity contribution is -0.117. The van der Waals surface area contributed by atoms with Crippen LogP contribution in [0.3, 0.4) is 0 Å². The molecule has 1 aliphatic rings. The standard InChI is InChI=1S/C13H18N2O4S/c1-9-2-3-10(7-16)4-12(9)15-6-11(5-13(15)17)8-20(14,18)19/h2-4,11,16H,5-8H2,1H3,(H2,14,18,19). The van der Waals surface area contributed by atoms with Gasteiger partial charge >= 0.3 is 0 Å². The molecule has 1 fully saturated rings. The fraction of sp³-hybridized carbons (Fsp3) is 0.462. The van der Waals surface area contributed by atoms with E-state index in [-0.39, 0.29) is 30.6 Å². The van der Waals surface area contributed by atoms with Crippen molar-refractivity contribution in [3.05, 3.63) is 29.3 Å². The van der Waals surface area contributed by atoms with Crippen LogP contribution >= 0.6 is 0 Å². The Balaban J connectivity index is 2.24. The molecule has 110 valence electrons. The van der Waals surface area contributed by atoms with Crippen molar-refractivity contribution in [2.24, 2.45) is 11.1 Å². The van der Waals surface area contributed by atoms with Gasteiger partial charge in [-0.05, 0) is 24.1 Å². The van der Waals surface area contributed by atoms with Gasteiger partial charge < -0.3 is 10.0 Å². The molecule has 0 aromatic heterocycles. The number of carbonyl (C=O) groups excluding carboxylic acids is 1. The number of sulfonamides is 1. The summed E-state index contributed by atoms with van der Waals surface area (Å²) in [4.78, 5) is 13.6. The summed E-state index contributed by atoms with van der Waals surface area (Å²) in [5, 5.41) is 14.2. The van der Waals surface area contributed by atoms with Crippen molar-refractivity contribution in [3.8, 4) is 0 Å². The van der Waals surface area contributed by atoms with Gasteiger partial charge in [0.2, 0.25) is 15.9 Å². The molecule has 2 rings (SSSR count). The Hall–Kier alpha value is -1.44. The average molecular weight is 298 g/mol. The number of nitrogens with two attached hydrogens (primary N) is 1. The Labute approximate surface area is 118 Å². The van der Waals surface area contributed by atoms with Crippen LogP contribution in [0.1, 0.15) is 17.5 Å². The molecule has 0 spiro atoms. The van der Waals surface area contributed by atoms with Crippen LogP contribution in [-0.4, -0.2) is 31.7 Å². The van der Waals surface area contributed by atoms with Gasteiger partial charge in [-0.15, -0.1) is 0 Å². The molecule has 1 aromatic rings. The average Bonchev–Trinajstić information content (AvgIpc) is 2.68. The van der Waals surface area contributed by atoms with Crippen LogP contribution in [0.4, 0.5) is 5.69 Å². The number of amides is 1. The summed E-state index contributed by atoms with van der Waals surface area (Å²) in [6, 6.07) is 5.38. The molecular weight excluding hydrogens is 280 g/mol. The van der Waals surface area contributed by atoms with E-state index in [0.29, 0.717) is 12.1 Å². The minimum Gasteiger partial charge on any atom is -0.392 e. The Kier molecular flexibility index (Phi) is 4.12. The molecule has 3 N–H and O–H groups in total. The lowest BCUT2D eigenvalue weighted by Gasteiger charge is -2.20. The lowest BCUT2D eigenvalue weighted by Crippen LogP contribution is -2.28. The van der Waals surface area contributed by atoms with E-state index >= 15 is 0 Å². The van der Waals surface area contributed by atoms with Crippen LogP contribution in [-0.2, 0) is 21.4 Å². The fourth-order valence-electron chi connectivity index (χ4n) is 2.50. The van der Waals surface area contributed by atoms with Gasteiger partial charge in [-0.3, -0.25) is 4.79 Å². The largest absolute Gasteiger partial charge is 0.392 e. The predicted molar refractivity (Wildman–Crippen MR) is 75.5 cm³/mol. The molecule has 0 saturated carbocycles. The number of rotatable bonds is 4. The van der Waals surface area contributed by atoms with E-state index in [1.807, 2.05) is 13.0 Å². The summed E-state index contributed by atoms with van der Waals surface area (Å²) < 4.78 is 22.2. The van der Waals surface area contributed by atoms with Gasteiger partial charge in [-0.25, -0.2) is 13.6 Å². The summed E-state index contributed by atoms with van der Waals surface area (Å²) in [6.07, 6.45) is 0.180. The Morgan fingerprint density at radius 3 is 2.75 bits per heavy atom. The van der Waals surface area contributed by atoms with E-state index in [9.17, 15) is 13.2 Å². The molecule has 1 aromatic carbocycles. The molecule has 0 aliphatic carbocycles. The maximum atomic E-state index is 12.1. The summed E-state index contributed by atoms with van der Waals surface area (Å²) >= 11 is 0. The van der Waals surface area contributed by atoms with E-state index in [4.69, 9.17) is 10.2 Å². The number of aryl methyl sites for hydroxylation is 1. The van der Waals surface area contributed by atoms with Crippen LogP contribution in [0.5, 0.6) is 0 Å². The second-order valence-electron chi connectivity index (χ2n) is 5.18. The molecule has 7 heteroatoms. The quantitative estimate of drug-likeness (QED) is 0.825. The first-order chi connectivity index (χ1) is 9.30. The van der Waals surface area contributed by atoms with E-state index in [1.165, 1.54) is 0 Å². The van der Waals surface area contributed by atoms with Crippen molar-refractivity contribution in [2.75, 3.05) is 17.2 Å². The summed E-state index contributed by atoms with van der Waals surface area (Å²) in [6.45, 7) is 2.11. The van der Waals surface area contributed by atoms with E-state index in [0.717, 1.165) is 11.3 Å². The summed E-state index contributed by atoms with van der Waals surface area (Å²) in [5.74, 6) is -0.583. The SMILES string of the molecule is Cc1ccc(CO)cc1N1CC(CS(N)(=O)=O)CC1=O. The fourth-order valence-corrected chi connectivity index (χ4v) is 3.38. The second kappa shape index (κ2) is 5.51. The highest BCUT2D eigenvalue weighted by atomic mass is 32.2. The van der Waals surface area contributed by atoms with Gasteiger partial charge in [0.1, 0.15) is 0 Å². The Bertz CT molecular complexity index is 627. The van der Waals surface area contributed by atoms with E-state index < -0.39 is 10.0 Å². The summed E-state index contributed by atoms with van der Waals surface area (Å²) in [5.41, 5.74) is 2.35. The third-order valence-corrected chi connectivity index (χ3v) is 4.36. The topological polar surface area (TPSA) is 101 Å². The van der Waals surface area contributed by atoms with Crippen LogP contribution in [0, 0.1) is 12.8 Å². The van der Waals surface area contributed by atoms with Gasteiger partial charge in [-0.1, -0.05) is 12.1 Å². The number of carbonyl (C=O) groups is 1. The van der Waals surface area contributed by atoms with E-state index in [2.05, 4.69) is 0 Å². The first kappa shape index (κ1) is 15.0. The van der Waals surface area contributed by atoms with Crippen molar-refractivity contribution in [1.82, 2.24) is 0 Å². The molecule has 1 saturated heterocycles. The number of aliphatic hydroxyl groups is 1. The monoisotopic (exact) mass is 298 g/mol. The third kappa shape index (κ3) is 3.36. The number of primary sulfonamides is 1. The highest BCUT2D eigenvalue weighted by Gasteiger charge is 2.33.